The predicted molar refractivity (Wildman–Crippen MR) is 126 cm³/mol. The minimum absolute atomic E-state index is 0.593. The molecule has 1 aromatic heterocycles. The molecule has 0 bridgehead atoms. The number of benzene rings is 3. The summed E-state index contributed by atoms with van der Waals surface area (Å²) in [6, 6.07) is 32.9. The van der Waals surface area contributed by atoms with Gasteiger partial charge in [0.05, 0.1) is 0 Å². The van der Waals surface area contributed by atoms with Gasteiger partial charge in [0.25, 0.3) is 0 Å². The molecule has 153 valence electrons. The number of nitrogens with two attached hydrogens (primary N) is 1. The van der Waals surface area contributed by atoms with E-state index in [4.69, 9.17) is 17.3 Å². The van der Waals surface area contributed by atoms with Gasteiger partial charge in [0.1, 0.15) is 0 Å². The molecule has 0 aliphatic rings. The molecular weight excluding hydrogens is 515 g/mol. The number of aromatic amines is 1. The van der Waals surface area contributed by atoms with Crippen LogP contribution in [0.2, 0.25) is 5.02 Å². The summed E-state index contributed by atoms with van der Waals surface area (Å²) < 4.78 is 2.77. The summed E-state index contributed by atoms with van der Waals surface area (Å²) in [6.45, 7) is 4.10. The molecule has 3 N–H and O–H groups in total. The second kappa shape index (κ2) is 14.3. The van der Waals surface area contributed by atoms with E-state index < -0.39 is 31.9 Å². The van der Waals surface area contributed by atoms with Crippen LogP contribution in [0.25, 0.3) is 0 Å². The van der Waals surface area contributed by atoms with E-state index in [-0.39, 0.29) is 0 Å². The third kappa shape index (κ3) is 10.8. The van der Waals surface area contributed by atoms with Gasteiger partial charge in [-0.25, -0.2) is 0 Å². The Bertz CT molecular complexity index is 874. The minimum atomic E-state index is -0.593. The number of H-pyrrole nitrogens is 1. The molecule has 2 nitrogen and oxygen atoms in total. The summed E-state index contributed by atoms with van der Waals surface area (Å²) in [4.78, 5) is 3.14. The van der Waals surface area contributed by atoms with Crippen LogP contribution in [0.1, 0.15) is 22.5 Å². The van der Waals surface area contributed by atoms with Gasteiger partial charge in [-0.15, -0.1) is 0 Å². The molecular formula is C26H29ClLaN2. The van der Waals surface area contributed by atoms with Crippen LogP contribution in [0.4, 0.5) is 5.69 Å². The number of nitrogens with one attached hydrogen (secondary N) is 1. The van der Waals surface area contributed by atoms with Gasteiger partial charge in [0, 0.05) is 22.1 Å². The Balaban J connectivity index is 0.000000179. The van der Waals surface area contributed by atoms with E-state index in [0.717, 1.165) is 10.7 Å². The molecule has 0 aliphatic heterocycles. The molecule has 4 rings (SSSR count). The first-order chi connectivity index (χ1) is 14.5. The topological polar surface area (TPSA) is 41.8 Å². The number of rotatable bonds is 4. The molecule has 4 heteroatoms. The SMILES string of the molecule is Cc1ccc(C)[nH]1.Nc1ccc(Cl)cc1.c1ccc([CH2][La][CH2]c2ccccc2)cc1. The van der Waals surface area contributed by atoms with E-state index in [2.05, 4.69) is 77.8 Å². The Labute approximate surface area is 202 Å². The summed E-state index contributed by atoms with van der Waals surface area (Å²) in [7, 11) is 0. The van der Waals surface area contributed by atoms with Gasteiger partial charge < -0.3 is 10.7 Å². The zero-order chi connectivity index (χ0) is 21.6. The van der Waals surface area contributed by atoms with Crippen molar-refractivity contribution in [1.82, 2.24) is 4.98 Å². The van der Waals surface area contributed by atoms with Gasteiger partial charge in [0.15, 0.2) is 0 Å². The number of halogens is 1. The van der Waals surface area contributed by atoms with Crippen molar-refractivity contribution < 1.29 is 31.9 Å². The predicted octanol–water partition coefficient (Wildman–Crippen LogP) is 7.03. The van der Waals surface area contributed by atoms with Crippen molar-refractivity contribution in [2.75, 3.05) is 5.73 Å². The van der Waals surface area contributed by atoms with Crippen molar-refractivity contribution >= 4 is 17.3 Å². The molecule has 0 fully saturated rings. The van der Waals surface area contributed by atoms with Crippen molar-refractivity contribution in [3.8, 4) is 0 Å². The number of nitrogen functional groups attached to an aromatic ring is 1. The van der Waals surface area contributed by atoms with Crippen LogP contribution in [0, 0.1) is 45.7 Å². The second-order valence-corrected chi connectivity index (χ2v) is 11.9. The monoisotopic (exact) mass is 543 g/mol. The molecule has 0 radical (unpaired) electrons. The number of hydrogen-bond acceptors (Lipinski definition) is 1. The Hall–Kier alpha value is -1.78. The van der Waals surface area contributed by atoms with Crippen molar-refractivity contribution in [3.63, 3.8) is 0 Å². The molecule has 0 saturated heterocycles. The summed E-state index contributed by atoms with van der Waals surface area (Å²) in [5.41, 5.74) is 11.6. The van der Waals surface area contributed by atoms with Gasteiger partial charge in [0.2, 0.25) is 0 Å². The fourth-order valence-electron chi connectivity index (χ4n) is 2.74. The van der Waals surface area contributed by atoms with E-state index in [9.17, 15) is 0 Å². The molecule has 30 heavy (non-hydrogen) atoms. The van der Waals surface area contributed by atoms with E-state index in [1.54, 1.807) is 24.3 Å². The molecule has 4 aromatic rings. The van der Waals surface area contributed by atoms with Crippen molar-refractivity contribution in [3.05, 3.63) is 125 Å². The first-order valence-corrected chi connectivity index (χ1v) is 15.6. The molecule has 3 aromatic carbocycles. The number of aryl methyl sites for hydroxylation is 2. The third-order valence-electron chi connectivity index (χ3n) is 4.29. The molecule has 0 aliphatic carbocycles. The molecule has 0 unspecified atom stereocenters. The van der Waals surface area contributed by atoms with Crippen molar-refractivity contribution in [2.24, 2.45) is 0 Å². The first-order valence-electron chi connectivity index (χ1n) is 10.1. The number of hydrogen-bond donors (Lipinski definition) is 2. The number of anilines is 1. The fraction of sp³-hybridized carbons (Fsp3) is 0.154. The summed E-state index contributed by atoms with van der Waals surface area (Å²) in [6.07, 6.45) is 0. The maximum atomic E-state index is 5.56. The van der Waals surface area contributed by atoms with Crippen LogP contribution in [0.15, 0.2) is 97.1 Å². The molecule has 0 saturated carbocycles. The van der Waals surface area contributed by atoms with Gasteiger partial charge in [-0.05, 0) is 50.2 Å². The number of aromatic nitrogens is 1. The Morgan fingerprint density at radius 1 is 0.667 bits per heavy atom. The average Bonchev–Trinajstić information content (AvgIpc) is 3.15. The van der Waals surface area contributed by atoms with Crippen LogP contribution < -0.4 is 5.73 Å². The van der Waals surface area contributed by atoms with Crippen molar-refractivity contribution in [1.29, 1.82) is 0 Å². The van der Waals surface area contributed by atoms with Crippen LogP contribution in [-0.4, -0.2) is 4.98 Å². The first kappa shape index (κ1) is 24.5. The zero-order valence-corrected chi connectivity index (χ0v) is 22.1. The molecule has 0 spiro atoms. The molecule has 0 atom stereocenters. The second-order valence-electron chi connectivity index (χ2n) is 7.04. The van der Waals surface area contributed by atoms with Crippen LogP contribution in [0.3, 0.4) is 0 Å². The van der Waals surface area contributed by atoms with Gasteiger partial charge >= 0.3 is 109 Å². The normalized spacial score (nSPS) is 9.43. The quantitative estimate of drug-likeness (QED) is 0.267. The van der Waals surface area contributed by atoms with Crippen LogP contribution in [-0.2, 0) is 5.65 Å². The van der Waals surface area contributed by atoms with Gasteiger partial charge in [-0.3, -0.25) is 0 Å². The van der Waals surface area contributed by atoms with Crippen LogP contribution >= 0.6 is 11.6 Å². The van der Waals surface area contributed by atoms with E-state index in [0.29, 0.717) is 0 Å². The van der Waals surface area contributed by atoms with Crippen LogP contribution in [0.5, 0.6) is 0 Å². The maximum absolute atomic E-state index is 5.56. The Kier molecular flexibility index (Phi) is 11.6. The Morgan fingerprint density at radius 2 is 1.10 bits per heavy atom. The van der Waals surface area contributed by atoms with Crippen molar-refractivity contribution in [2.45, 2.75) is 19.5 Å². The summed E-state index contributed by atoms with van der Waals surface area (Å²) >= 11 is 4.96. The van der Waals surface area contributed by atoms with Gasteiger partial charge in [-0.2, -0.15) is 0 Å². The molecule has 0 amide bonds. The van der Waals surface area contributed by atoms with E-state index >= 15 is 0 Å². The third-order valence-corrected chi connectivity index (χ3v) is 9.32. The summed E-state index contributed by atoms with van der Waals surface area (Å²) in [5.74, 6) is 0. The Morgan fingerprint density at radius 3 is 1.43 bits per heavy atom. The zero-order valence-electron chi connectivity index (χ0n) is 17.7. The van der Waals surface area contributed by atoms with E-state index in [1.165, 1.54) is 28.2 Å². The summed E-state index contributed by atoms with van der Waals surface area (Å²) in [5, 5.41) is 0.721. The average molecular weight is 544 g/mol. The molecule has 1 heterocycles. The standard InChI is InChI=1S/2C7H7.C6H6ClN.C6H9N.La/c2*1-7-5-3-2-4-6-7;7-5-1-3-6(8)4-2-5;1-5-3-4-6(2)7-5;/h2*2-6H,1H2;1-4H,8H2;3-4,7H,1-2H3;. The van der Waals surface area contributed by atoms with E-state index in [1.807, 2.05) is 13.8 Å². The van der Waals surface area contributed by atoms with Gasteiger partial charge in [-0.1, -0.05) is 11.6 Å². The fourth-order valence-corrected chi connectivity index (χ4v) is 7.12.